The average Bonchev–Trinajstić information content (AvgIpc) is 3.31. The summed E-state index contributed by atoms with van der Waals surface area (Å²) in [6.07, 6.45) is 0. The van der Waals surface area contributed by atoms with Crippen LogP contribution in [0.5, 0.6) is 0 Å². The Morgan fingerprint density at radius 3 is 2.17 bits per heavy atom. The highest BCUT2D eigenvalue weighted by Crippen LogP contribution is 2.15. The summed E-state index contributed by atoms with van der Waals surface area (Å²) in [7, 11) is 0. The second-order valence-corrected chi connectivity index (χ2v) is 9.08. The summed E-state index contributed by atoms with van der Waals surface area (Å²) in [4.78, 5) is 34.5. The van der Waals surface area contributed by atoms with Crippen LogP contribution in [0.25, 0.3) is 0 Å². The van der Waals surface area contributed by atoms with Crippen molar-refractivity contribution in [1.29, 1.82) is 0 Å². The molecule has 4 rings (SSSR count). The molecular weight excluding hydrogens is 396 g/mol. The van der Waals surface area contributed by atoms with Crippen molar-refractivity contribution in [3.05, 3.63) is 57.8 Å². The van der Waals surface area contributed by atoms with Crippen LogP contribution in [0.2, 0.25) is 0 Å². The molecule has 2 aliphatic heterocycles. The van der Waals surface area contributed by atoms with Gasteiger partial charge in [-0.2, -0.15) is 0 Å². The second-order valence-electron chi connectivity index (χ2n) is 8.13. The van der Waals surface area contributed by atoms with Crippen LogP contribution in [0.4, 0.5) is 0 Å². The number of amides is 2. The Morgan fingerprint density at radius 1 is 0.833 bits per heavy atom. The van der Waals surface area contributed by atoms with Gasteiger partial charge in [-0.25, -0.2) is 0 Å². The number of hydrogen-bond acceptors (Lipinski definition) is 5. The molecule has 0 radical (unpaired) electrons. The zero-order chi connectivity index (χ0) is 20.9. The normalized spacial score (nSPS) is 18.6. The summed E-state index contributed by atoms with van der Waals surface area (Å²) < 4.78 is 0. The van der Waals surface area contributed by atoms with Crippen LogP contribution >= 0.6 is 11.3 Å². The maximum atomic E-state index is 12.8. The summed E-state index contributed by atoms with van der Waals surface area (Å²) in [5.41, 5.74) is 2.73. The van der Waals surface area contributed by atoms with Crippen molar-refractivity contribution in [2.45, 2.75) is 13.5 Å². The monoisotopic (exact) mass is 426 g/mol. The molecule has 30 heavy (non-hydrogen) atoms. The van der Waals surface area contributed by atoms with Gasteiger partial charge in [0, 0.05) is 58.9 Å². The van der Waals surface area contributed by atoms with E-state index in [4.69, 9.17) is 0 Å². The Balaban J connectivity index is 1.19. The third-order valence-electron chi connectivity index (χ3n) is 6.13. The van der Waals surface area contributed by atoms with Crippen LogP contribution < -0.4 is 0 Å². The molecule has 1 aromatic heterocycles. The smallest absolute Gasteiger partial charge is 0.264 e. The second kappa shape index (κ2) is 9.73. The molecule has 0 spiro atoms. The van der Waals surface area contributed by atoms with Gasteiger partial charge in [-0.1, -0.05) is 30.3 Å². The molecule has 1 aromatic carbocycles. The molecule has 2 aromatic rings. The molecule has 0 unspecified atom stereocenters. The molecule has 0 atom stereocenters. The first-order chi connectivity index (χ1) is 14.6. The van der Waals surface area contributed by atoms with Crippen molar-refractivity contribution < 1.29 is 9.59 Å². The molecule has 0 saturated carbocycles. The van der Waals surface area contributed by atoms with Gasteiger partial charge in [0.2, 0.25) is 5.91 Å². The van der Waals surface area contributed by atoms with Crippen LogP contribution in [-0.2, 0) is 11.3 Å². The highest BCUT2D eigenvalue weighted by Gasteiger charge is 2.27. The molecule has 2 amide bonds. The molecule has 2 fully saturated rings. The Kier molecular flexibility index (Phi) is 6.82. The van der Waals surface area contributed by atoms with Crippen LogP contribution in [0.3, 0.4) is 0 Å². The highest BCUT2D eigenvalue weighted by molar-refractivity contribution is 7.12. The van der Waals surface area contributed by atoms with E-state index in [0.29, 0.717) is 32.7 Å². The maximum absolute atomic E-state index is 12.8. The average molecular weight is 427 g/mol. The zero-order valence-electron chi connectivity index (χ0n) is 17.6. The van der Waals surface area contributed by atoms with Gasteiger partial charge in [-0.05, 0) is 29.5 Å². The minimum atomic E-state index is 0.0851. The van der Waals surface area contributed by atoms with Crippen molar-refractivity contribution in [2.24, 2.45) is 0 Å². The number of nitrogens with zero attached hydrogens (tertiary/aromatic N) is 4. The standard InChI is InChI=1S/C23H30N4O2S/c1-19-5-2-3-6-20(19)17-24-8-10-25(11-9-24)18-22(28)26-12-14-27(15-13-26)23(29)21-7-4-16-30-21/h2-7,16H,8-15,17-18H2,1H3. The quantitative estimate of drug-likeness (QED) is 0.735. The van der Waals surface area contributed by atoms with Crippen molar-refractivity contribution in [1.82, 2.24) is 19.6 Å². The Morgan fingerprint density at radius 2 is 1.50 bits per heavy atom. The summed E-state index contributed by atoms with van der Waals surface area (Å²) in [5, 5.41) is 1.92. The third kappa shape index (κ3) is 5.09. The van der Waals surface area contributed by atoms with E-state index in [1.54, 1.807) is 0 Å². The van der Waals surface area contributed by atoms with Gasteiger partial charge in [-0.15, -0.1) is 11.3 Å². The number of rotatable bonds is 5. The summed E-state index contributed by atoms with van der Waals surface area (Å²) in [5.74, 6) is 0.271. The summed E-state index contributed by atoms with van der Waals surface area (Å²) in [6.45, 7) is 9.95. The lowest BCUT2D eigenvalue weighted by molar-refractivity contribution is -0.134. The lowest BCUT2D eigenvalue weighted by Crippen LogP contribution is -2.54. The largest absolute Gasteiger partial charge is 0.338 e. The fourth-order valence-electron chi connectivity index (χ4n) is 4.14. The van der Waals surface area contributed by atoms with Crippen LogP contribution in [0, 0.1) is 6.92 Å². The predicted octanol–water partition coefficient (Wildman–Crippen LogP) is 2.16. The highest BCUT2D eigenvalue weighted by atomic mass is 32.1. The van der Waals surface area contributed by atoms with Gasteiger partial charge in [0.05, 0.1) is 11.4 Å². The van der Waals surface area contributed by atoms with E-state index in [9.17, 15) is 9.59 Å². The Labute approximate surface area is 182 Å². The predicted molar refractivity (Wildman–Crippen MR) is 120 cm³/mol. The van der Waals surface area contributed by atoms with Crippen molar-refractivity contribution in [2.75, 3.05) is 58.9 Å². The number of carbonyl (C=O) groups is 2. The van der Waals surface area contributed by atoms with E-state index in [2.05, 4.69) is 41.0 Å². The molecule has 0 bridgehead atoms. The molecule has 6 nitrogen and oxygen atoms in total. The molecular formula is C23H30N4O2S. The van der Waals surface area contributed by atoms with E-state index in [-0.39, 0.29) is 11.8 Å². The fraction of sp³-hybridized carbons (Fsp3) is 0.478. The van der Waals surface area contributed by atoms with Crippen LogP contribution in [0.1, 0.15) is 20.8 Å². The number of piperazine rings is 2. The lowest BCUT2D eigenvalue weighted by atomic mass is 10.1. The third-order valence-corrected chi connectivity index (χ3v) is 6.99. The molecule has 0 N–H and O–H groups in total. The van der Waals surface area contributed by atoms with Gasteiger partial charge < -0.3 is 9.80 Å². The number of thiophene rings is 1. The van der Waals surface area contributed by atoms with E-state index < -0.39 is 0 Å². The van der Waals surface area contributed by atoms with Gasteiger partial charge in [0.1, 0.15) is 0 Å². The van der Waals surface area contributed by atoms with Crippen LogP contribution in [0.15, 0.2) is 41.8 Å². The van der Waals surface area contributed by atoms with E-state index in [1.807, 2.05) is 27.3 Å². The van der Waals surface area contributed by atoms with Crippen molar-refractivity contribution in [3.63, 3.8) is 0 Å². The van der Waals surface area contributed by atoms with Gasteiger partial charge in [-0.3, -0.25) is 19.4 Å². The fourth-order valence-corrected chi connectivity index (χ4v) is 4.83. The first-order valence-corrected chi connectivity index (χ1v) is 11.6. The first-order valence-electron chi connectivity index (χ1n) is 10.7. The Hall–Kier alpha value is -2.22. The number of aryl methyl sites for hydroxylation is 1. The van der Waals surface area contributed by atoms with E-state index >= 15 is 0 Å². The zero-order valence-corrected chi connectivity index (χ0v) is 18.4. The first kappa shape index (κ1) is 21.0. The molecule has 0 aliphatic carbocycles. The van der Waals surface area contributed by atoms with Gasteiger partial charge >= 0.3 is 0 Å². The van der Waals surface area contributed by atoms with Crippen molar-refractivity contribution >= 4 is 23.2 Å². The van der Waals surface area contributed by atoms with Gasteiger partial charge in [0.25, 0.3) is 5.91 Å². The maximum Gasteiger partial charge on any atom is 0.264 e. The minimum absolute atomic E-state index is 0.0851. The van der Waals surface area contributed by atoms with E-state index in [1.165, 1.54) is 22.5 Å². The minimum Gasteiger partial charge on any atom is -0.338 e. The molecule has 2 saturated heterocycles. The number of benzene rings is 1. The molecule has 2 aliphatic rings. The van der Waals surface area contributed by atoms with Gasteiger partial charge in [0.15, 0.2) is 0 Å². The van der Waals surface area contributed by atoms with E-state index in [0.717, 1.165) is 37.6 Å². The molecule has 160 valence electrons. The van der Waals surface area contributed by atoms with Crippen molar-refractivity contribution in [3.8, 4) is 0 Å². The lowest BCUT2D eigenvalue weighted by Gasteiger charge is -2.38. The molecule has 7 heteroatoms. The topological polar surface area (TPSA) is 47.1 Å². The number of hydrogen-bond donors (Lipinski definition) is 0. The SMILES string of the molecule is Cc1ccccc1CN1CCN(CC(=O)N2CCN(C(=O)c3cccs3)CC2)CC1. The summed E-state index contributed by atoms with van der Waals surface area (Å²) in [6, 6.07) is 12.3. The molecule has 3 heterocycles. The Bertz CT molecular complexity index is 854. The van der Waals surface area contributed by atoms with Crippen LogP contribution in [-0.4, -0.2) is 90.3 Å². The summed E-state index contributed by atoms with van der Waals surface area (Å²) >= 11 is 1.47. The number of carbonyl (C=O) groups excluding carboxylic acids is 2.